The first-order valence-electron chi connectivity index (χ1n) is 6.24. The number of pyridine rings is 1. The third-order valence-corrected chi connectivity index (χ3v) is 3.00. The number of rotatable bonds is 5. The largest absolute Gasteiger partial charge is 0.369 e. The van der Waals surface area contributed by atoms with E-state index < -0.39 is 0 Å². The Balaban J connectivity index is 2.15. The first kappa shape index (κ1) is 13.5. The molecule has 1 N–H and O–H groups in total. The van der Waals surface area contributed by atoms with E-state index in [2.05, 4.69) is 15.2 Å². The van der Waals surface area contributed by atoms with Gasteiger partial charge in [-0.25, -0.2) is 4.39 Å². The van der Waals surface area contributed by atoms with Crippen molar-refractivity contribution in [1.82, 2.24) is 10.3 Å². The minimum absolute atomic E-state index is 0.205. The van der Waals surface area contributed by atoms with Gasteiger partial charge in [-0.2, -0.15) is 0 Å². The number of halogens is 1. The lowest BCUT2D eigenvalue weighted by molar-refractivity contribution is 0.627. The highest BCUT2D eigenvalue weighted by Crippen LogP contribution is 2.19. The van der Waals surface area contributed by atoms with E-state index in [9.17, 15) is 4.39 Å². The molecule has 1 aromatic carbocycles. The standard InChI is InChI=1S/C15H18FN3/c1-17-9-13-7-8-18-10-15(13)19(2)11-12-3-5-14(16)6-4-12/h3-8,10,17H,9,11H2,1-2H3. The summed E-state index contributed by atoms with van der Waals surface area (Å²) < 4.78 is 12.9. The van der Waals surface area contributed by atoms with E-state index >= 15 is 0 Å². The van der Waals surface area contributed by atoms with E-state index in [1.807, 2.05) is 26.4 Å². The topological polar surface area (TPSA) is 28.2 Å². The maximum atomic E-state index is 12.9. The molecule has 0 aliphatic heterocycles. The van der Waals surface area contributed by atoms with Crippen LogP contribution in [-0.2, 0) is 13.1 Å². The molecule has 0 bridgehead atoms. The first-order valence-corrected chi connectivity index (χ1v) is 6.24. The Morgan fingerprint density at radius 3 is 2.63 bits per heavy atom. The highest BCUT2D eigenvalue weighted by molar-refractivity contribution is 5.51. The van der Waals surface area contributed by atoms with Gasteiger partial charge in [0.25, 0.3) is 0 Å². The van der Waals surface area contributed by atoms with E-state index in [0.717, 1.165) is 24.3 Å². The predicted octanol–water partition coefficient (Wildman–Crippen LogP) is 2.58. The van der Waals surface area contributed by atoms with Crippen molar-refractivity contribution in [3.05, 3.63) is 59.7 Å². The van der Waals surface area contributed by atoms with Crippen molar-refractivity contribution >= 4 is 5.69 Å². The summed E-state index contributed by atoms with van der Waals surface area (Å²) in [4.78, 5) is 6.29. The van der Waals surface area contributed by atoms with Crippen LogP contribution in [0.25, 0.3) is 0 Å². The SMILES string of the molecule is CNCc1ccncc1N(C)Cc1ccc(F)cc1. The average molecular weight is 259 g/mol. The Morgan fingerprint density at radius 2 is 1.95 bits per heavy atom. The molecule has 0 fully saturated rings. The van der Waals surface area contributed by atoms with Crippen molar-refractivity contribution in [3.63, 3.8) is 0 Å². The molecule has 0 atom stereocenters. The zero-order valence-corrected chi connectivity index (χ0v) is 11.2. The molecular weight excluding hydrogens is 241 g/mol. The molecule has 0 saturated heterocycles. The van der Waals surface area contributed by atoms with Crippen LogP contribution >= 0.6 is 0 Å². The molecular formula is C15H18FN3. The van der Waals surface area contributed by atoms with Gasteiger partial charge >= 0.3 is 0 Å². The number of nitrogens with one attached hydrogen (secondary N) is 1. The molecule has 0 saturated carbocycles. The van der Waals surface area contributed by atoms with Gasteiger partial charge in [-0.15, -0.1) is 0 Å². The molecule has 0 amide bonds. The summed E-state index contributed by atoms with van der Waals surface area (Å²) in [5.41, 5.74) is 3.35. The summed E-state index contributed by atoms with van der Waals surface area (Å²) >= 11 is 0. The van der Waals surface area contributed by atoms with Crippen molar-refractivity contribution in [2.24, 2.45) is 0 Å². The van der Waals surface area contributed by atoms with Gasteiger partial charge in [0.05, 0.1) is 11.9 Å². The van der Waals surface area contributed by atoms with Crippen LogP contribution in [0.3, 0.4) is 0 Å². The molecule has 4 heteroatoms. The quantitative estimate of drug-likeness (QED) is 0.894. The minimum atomic E-state index is -0.205. The smallest absolute Gasteiger partial charge is 0.123 e. The van der Waals surface area contributed by atoms with Gasteiger partial charge in [0.2, 0.25) is 0 Å². The van der Waals surface area contributed by atoms with Crippen LogP contribution in [0.2, 0.25) is 0 Å². The number of aromatic nitrogens is 1. The van der Waals surface area contributed by atoms with Gasteiger partial charge < -0.3 is 10.2 Å². The second-order valence-electron chi connectivity index (χ2n) is 4.52. The summed E-state index contributed by atoms with van der Waals surface area (Å²) in [6.45, 7) is 1.52. The van der Waals surface area contributed by atoms with Gasteiger partial charge in [0, 0.05) is 26.3 Å². The monoisotopic (exact) mass is 259 g/mol. The molecule has 0 aliphatic carbocycles. The van der Waals surface area contributed by atoms with Crippen LogP contribution in [0.15, 0.2) is 42.7 Å². The lowest BCUT2D eigenvalue weighted by Crippen LogP contribution is -2.19. The van der Waals surface area contributed by atoms with Gasteiger partial charge in [-0.3, -0.25) is 4.98 Å². The molecule has 0 unspecified atom stereocenters. The molecule has 0 spiro atoms. The molecule has 1 heterocycles. The molecule has 3 nitrogen and oxygen atoms in total. The summed E-state index contributed by atoms with van der Waals surface area (Å²) in [5, 5.41) is 3.15. The van der Waals surface area contributed by atoms with E-state index in [-0.39, 0.29) is 5.82 Å². The molecule has 2 aromatic rings. The van der Waals surface area contributed by atoms with E-state index in [1.165, 1.54) is 17.7 Å². The van der Waals surface area contributed by atoms with Gasteiger partial charge in [0.1, 0.15) is 5.82 Å². The van der Waals surface area contributed by atoms with Crippen molar-refractivity contribution in [3.8, 4) is 0 Å². The highest BCUT2D eigenvalue weighted by Gasteiger charge is 2.07. The molecule has 0 aliphatic rings. The lowest BCUT2D eigenvalue weighted by atomic mass is 10.1. The van der Waals surface area contributed by atoms with Crippen LogP contribution < -0.4 is 10.2 Å². The fraction of sp³-hybridized carbons (Fsp3) is 0.267. The fourth-order valence-electron chi connectivity index (χ4n) is 2.05. The molecule has 2 rings (SSSR count). The number of hydrogen-bond acceptors (Lipinski definition) is 3. The Hall–Kier alpha value is -1.94. The van der Waals surface area contributed by atoms with Gasteiger partial charge in [-0.05, 0) is 36.4 Å². The molecule has 1 aromatic heterocycles. The normalized spacial score (nSPS) is 10.5. The lowest BCUT2D eigenvalue weighted by Gasteiger charge is -2.22. The Labute approximate surface area is 113 Å². The van der Waals surface area contributed by atoms with Crippen molar-refractivity contribution < 1.29 is 4.39 Å². The zero-order valence-electron chi connectivity index (χ0n) is 11.2. The van der Waals surface area contributed by atoms with Crippen molar-refractivity contribution in [1.29, 1.82) is 0 Å². The van der Waals surface area contributed by atoms with Gasteiger partial charge in [0.15, 0.2) is 0 Å². The number of hydrogen-bond donors (Lipinski definition) is 1. The summed E-state index contributed by atoms with van der Waals surface area (Å²) in [6.07, 6.45) is 3.65. The summed E-state index contributed by atoms with van der Waals surface area (Å²) in [7, 11) is 3.93. The molecule has 0 radical (unpaired) electrons. The Bertz CT molecular complexity index is 525. The number of anilines is 1. The van der Waals surface area contributed by atoms with Crippen LogP contribution in [-0.4, -0.2) is 19.1 Å². The average Bonchev–Trinajstić information content (AvgIpc) is 2.42. The van der Waals surface area contributed by atoms with E-state index in [1.54, 1.807) is 18.3 Å². The molecule has 100 valence electrons. The van der Waals surface area contributed by atoms with Gasteiger partial charge in [-0.1, -0.05) is 12.1 Å². The first-order chi connectivity index (χ1) is 9.20. The number of benzene rings is 1. The van der Waals surface area contributed by atoms with Crippen LogP contribution in [0.1, 0.15) is 11.1 Å². The maximum absolute atomic E-state index is 12.9. The highest BCUT2D eigenvalue weighted by atomic mass is 19.1. The summed E-state index contributed by atoms with van der Waals surface area (Å²) in [6, 6.07) is 8.59. The molecule has 19 heavy (non-hydrogen) atoms. The Kier molecular flexibility index (Phi) is 4.47. The fourth-order valence-corrected chi connectivity index (χ4v) is 2.05. The zero-order chi connectivity index (χ0) is 13.7. The van der Waals surface area contributed by atoms with E-state index in [0.29, 0.717) is 0 Å². The third-order valence-electron chi connectivity index (χ3n) is 3.00. The van der Waals surface area contributed by atoms with Crippen LogP contribution in [0.4, 0.5) is 10.1 Å². The second-order valence-corrected chi connectivity index (χ2v) is 4.52. The van der Waals surface area contributed by atoms with Crippen LogP contribution in [0.5, 0.6) is 0 Å². The number of nitrogens with zero attached hydrogens (tertiary/aromatic N) is 2. The van der Waals surface area contributed by atoms with Crippen molar-refractivity contribution in [2.75, 3.05) is 19.0 Å². The van der Waals surface area contributed by atoms with E-state index in [4.69, 9.17) is 0 Å². The summed E-state index contributed by atoms with van der Waals surface area (Å²) in [5.74, 6) is -0.205. The Morgan fingerprint density at radius 1 is 1.21 bits per heavy atom. The predicted molar refractivity (Wildman–Crippen MR) is 75.5 cm³/mol. The second kappa shape index (κ2) is 6.29. The third kappa shape index (κ3) is 3.51. The minimum Gasteiger partial charge on any atom is -0.369 e. The maximum Gasteiger partial charge on any atom is 0.123 e. The van der Waals surface area contributed by atoms with Crippen LogP contribution in [0, 0.1) is 5.82 Å². The van der Waals surface area contributed by atoms with Crippen molar-refractivity contribution in [2.45, 2.75) is 13.1 Å².